The molecule has 7 nitrogen and oxygen atoms in total. The predicted molar refractivity (Wildman–Crippen MR) is 97.4 cm³/mol. The van der Waals surface area contributed by atoms with E-state index in [9.17, 15) is 18.0 Å². The lowest BCUT2D eigenvalue weighted by molar-refractivity contribution is -0.143. The topological polar surface area (TPSA) is 104 Å². The first-order valence-corrected chi connectivity index (χ1v) is 10.1. The minimum atomic E-state index is -3.62. The molecule has 2 N–H and O–H groups in total. The van der Waals surface area contributed by atoms with Gasteiger partial charge in [0.25, 0.3) is 5.91 Å². The van der Waals surface area contributed by atoms with Crippen LogP contribution in [-0.4, -0.2) is 48.3 Å². The summed E-state index contributed by atoms with van der Waals surface area (Å²) in [7, 11) is -2.02. The number of benzene rings is 1. The number of hydrogen-bond acceptors (Lipinski definition) is 4. The first kappa shape index (κ1) is 20.4. The van der Waals surface area contributed by atoms with E-state index in [0.717, 1.165) is 32.1 Å². The Kier molecular flexibility index (Phi) is 6.08. The lowest BCUT2D eigenvalue weighted by Gasteiger charge is -2.30. The van der Waals surface area contributed by atoms with Gasteiger partial charge in [0.1, 0.15) is 5.54 Å². The average Bonchev–Trinajstić information content (AvgIpc) is 2.61. The highest BCUT2D eigenvalue weighted by molar-refractivity contribution is 7.89. The largest absolute Gasteiger partial charge is 0.480 e. The normalized spacial score (nSPS) is 16.5. The highest BCUT2D eigenvalue weighted by atomic mass is 32.2. The van der Waals surface area contributed by atoms with E-state index in [2.05, 4.69) is 5.32 Å². The number of nitrogens with one attached hydrogen (secondary N) is 1. The van der Waals surface area contributed by atoms with Crippen molar-refractivity contribution >= 4 is 21.9 Å². The third kappa shape index (κ3) is 4.42. The van der Waals surface area contributed by atoms with E-state index >= 15 is 0 Å². The number of rotatable bonds is 6. The maximum absolute atomic E-state index is 12.8. The molecule has 1 fully saturated rings. The Morgan fingerprint density at radius 2 is 1.65 bits per heavy atom. The predicted octanol–water partition coefficient (Wildman–Crippen LogP) is 2.23. The van der Waals surface area contributed by atoms with Crippen LogP contribution in [0.5, 0.6) is 0 Å². The molecule has 0 bridgehead atoms. The Bertz CT molecular complexity index is 765. The van der Waals surface area contributed by atoms with Gasteiger partial charge in [-0.15, -0.1) is 0 Å². The Balaban J connectivity index is 2.15. The van der Waals surface area contributed by atoms with Crippen LogP contribution in [-0.2, 0) is 14.8 Å². The van der Waals surface area contributed by atoms with Gasteiger partial charge in [0.15, 0.2) is 0 Å². The Hall–Kier alpha value is -1.93. The summed E-state index contributed by atoms with van der Waals surface area (Å²) >= 11 is 0. The van der Waals surface area contributed by atoms with Crippen LogP contribution in [0.3, 0.4) is 0 Å². The molecule has 2 rings (SSSR count). The summed E-state index contributed by atoms with van der Waals surface area (Å²) in [4.78, 5) is 23.4. The quantitative estimate of drug-likeness (QED) is 0.785. The third-order valence-corrected chi connectivity index (χ3v) is 6.77. The summed E-state index contributed by atoms with van der Waals surface area (Å²) in [5.41, 5.74) is -1.21. The molecule has 1 aliphatic carbocycles. The zero-order valence-corrected chi connectivity index (χ0v) is 16.2. The fourth-order valence-electron chi connectivity index (χ4n) is 2.99. The molecule has 0 unspecified atom stereocenters. The molecule has 8 heteroatoms. The zero-order valence-electron chi connectivity index (χ0n) is 15.4. The molecule has 1 aromatic carbocycles. The van der Waals surface area contributed by atoms with Gasteiger partial charge in [-0.1, -0.05) is 19.3 Å². The van der Waals surface area contributed by atoms with Crippen LogP contribution in [0, 0.1) is 0 Å². The van der Waals surface area contributed by atoms with E-state index in [1.54, 1.807) is 7.05 Å². The highest BCUT2D eigenvalue weighted by Gasteiger charge is 2.31. The van der Waals surface area contributed by atoms with Gasteiger partial charge in [-0.25, -0.2) is 13.2 Å². The molecular weight excluding hydrogens is 356 g/mol. The summed E-state index contributed by atoms with van der Waals surface area (Å²) < 4.78 is 27.0. The Labute approximate surface area is 154 Å². The van der Waals surface area contributed by atoms with Gasteiger partial charge in [0, 0.05) is 18.7 Å². The van der Waals surface area contributed by atoms with Crippen LogP contribution < -0.4 is 5.32 Å². The van der Waals surface area contributed by atoms with Crippen molar-refractivity contribution in [3.63, 3.8) is 0 Å². The van der Waals surface area contributed by atoms with E-state index in [-0.39, 0.29) is 16.5 Å². The van der Waals surface area contributed by atoms with Crippen LogP contribution in [0.2, 0.25) is 0 Å². The molecule has 26 heavy (non-hydrogen) atoms. The highest BCUT2D eigenvalue weighted by Crippen LogP contribution is 2.26. The van der Waals surface area contributed by atoms with Crippen molar-refractivity contribution in [2.75, 3.05) is 7.05 Å². The number of carboxylic acids is 1. The van der Waals surface area contributed by atoms with Gasteiger partial charge in [-0.05, 0) is 51.0 Å². The van der Waals surface area contributed by atoms with E-state index in [1.807, 2.05) is 0 Å². The van der Waals surface area contributed by atoms with E-state index < -0.39 is 27.4 Å². The van der Waals surface area contributed by atoms with E-state index in [4.69, 9.17) is 5.11 Å². The van der Waals surface area contributed by atoms with Gasteiger partial charge in [0.2, 0.25) is 10.0 Å². The number of carbonyl (C=O) groups excluding carboxylic acids is 1. The molecule has 0 aromatic heterocycles. The van der Waals surface area contributed by atoms with Crippen LogP contribution >= 0.6 is 0 Å². The van der Waals surface area contributed by atoms with Gasteiger partial charge >= 0.3 is 5.97 Å². The molecule has 0 atom stereocenters. The average molecular weight is 382 g/mol. The molecule has 1 saturated carbocycles. The second kappa shape index (κ2) is 7.75. The molecule has 1 aromatic rings. The van der Waals surface area contributed by atoms with Crippen molar-refractivity contribution in [2.45, 2.75) is 62.4 Å². The van der Waals surface area contributed by atoms with Crippen LogP contribution in [0.15, 0.2) is 29.2 Å². The monoisotopic (exact) mass is 382 g/mol. The summed E-state index contributed by atoms with van der Waals surface area (Å²) in [6.07, 6.45) is 4.92. The summed E-state index contributed by atoms with van der Waals surface area (Å²) in [5.74, 6) is -1.72. The number of carbonyl (C=O) groups is 2. The van der Waals surface area contributed by atoms with Crippen molar-refractivity contribution < 1.29 is 23.1 Å². The number of carboxylic acid groups (broad SMARTS) is 1. The molecule has 1 amide bonds. The Morgan fingerprint density at radius 1 is 1.12 bits per heavy atom. The molecule has 144 valence electrons. The molecule has 0 saturated heterocycles. The van der Waals surface area contributed by atoms with Crippen molar-refractivity contribution in [3.05, 3.63) is 29.8 Å². The summed E-state index contributed by atoms with van der Waals surface area (Å²) in [6.45, 7) is 2.76. The second-order valence-electron chi connectivity index (χ2n) is 7.22. The van der Waals surface area contributed by atoms with Crippen molar-refractivity contribution in [2.24, 2.45) is 0 Å². The fourth-order valence-corrected chi connectivity index (χ4v) is 4.41. The van der Waals surface area contributed by atoms with E-state index in [0.29, 0.717) is 0 Å². The summed E-state index contributed by atoms with van der Waals surface area (Å²) in [5, 5.41) is 11.5. The molecular formula is C18H26N2O5S. The summed E-state index contributed by atoms with van der Waals surface area (Å²) in [6, 6.07) is 5.58. The number of sulfonamides is 1. The fraction of sp³-hybridized carbons (Fsp3) is 0.556. The number of amides is 1. The van der Waals surface area contributed by atoms with Crippen LogP contribution in [0.25, 0.3) is 0 Å². The number of nitrogens with zero attached hydrogens (tertiary/aromatic N) is 1. The van der Waals surface area contributed by atoms with Crippen LogP contribution in [0.1, 0.15) is 56.3 Å². The maximum Gasteiger partial charge on any atom is 0.328 e. The lowest BCUT2D eigenvalue weighted by Crippen LogP contribution is -2.49. The molecule has 0 aliphatic heterocycles. The van der Waals surface area contributed by atoms with Crippen molar-refractivity contribution in [1.82, 2.24) is 9.62 Å². The van der Waals surface area contributed by atoms with Crippen molar-refractivity contribution in [1.29, 1.82) is 0 Å². The van der Waals surface area contributed by atoms with Gasteiger partial charge in [-0.2, -0.15) is 4.31 Å². The third-order valence-electron chi connectivity index (χ3n) is 4.84. The first-order valence-electron chi connectivity index (χ1n) is 8.70. The van der Waals surface area contributed by atoms with Crippen LogP contribution in [0.4, 0.5) is 0 Å². The number of hydrogen-bond donors (Lipinski definition) is 2. The second-order valence-corrected chi connectivity index (χ2v) is 9.22. The van der Waals surface area contributed by atoms with Gasteiger partial charge < -0.3 is 10.4 Å². The van der Waals surface area contributed by atoms with E-state index in [1.165, 1.54) is 42.4 Å². The minimum Gasteiger partial charge on any atom is -0.480 e. The maximum atomic E-state index is 12.8. The standard InChI is InChI=1S/C18H26N2O5S/c1-18(2,17(22)23)19-16(21)13-9-11-15(12-10-13)26(24,25)20(3)14-7-5-4-6-8-14/h9-12,14H,4-8H2,1-3H3,(H,19,21)(H,22,23). The zero-order chi connectivity index (χ0) is 19.5. The molecule has 0 radical (unpaired) electrons. The number of aliphatic carboxylic acids is 1. The molecule has 0 heterocycles. The Morgan fingerprint density at radius 3 is 2.15 bits per heavy atom. The molecule has 1 aliphatic rings. The van der Waals surface area contributed by atoms with Crippen molar-refractivity contribution in [3.8, 4) is 0 Å². The smallest absolute Gasteiger partial charge is 0.328 e. The minimum absolute atomic E-state index is 0.00749. The van der Waals surface area contributed by atoms with Gasteiger partial charge in [-0.3, -0.25) is 4.79 Å². The first-order chi connectivity index (χ1) is 12.1. The lowest BCUT2D eigenvalue weighted by atomic mass is 9.96. The molecule has 0 spiro atoms. The SMILES string of the molecule is CN(C1CCCCC1)S(=O)(=O)c1ccc(C(=O)NC(C)(C)C(=O)O)cc1. The van der Waals surface area contributed by atoms with Gasteiger partial charge in [0.05, 0.1) is 4.90 Å².